The van der Waals surface area contributed by atoms with E-state index in [1.165, 1.54) is 6.92 Å². The van der Waals surface area contributed by atoms with E-state index >= 15 is 0 Å². The predicted octanol–water partition coefficient (Wildman–Crippen LogP) is 1.07. The van der Waals surface area contributed by atoms with Crippen molar-refractivity contribution in [2.24, 2.45) is 0 Å². The third-order valence-corrected chi connectivity index (χ3v) is 5.53. The van der Waals surface area contributed by atoms with Gasteiger partial charge in [-0.3, -0.25) is 9.59 Å². The molecular weight excluding hydrogens is 356 g/mol. The Labute approximate surface area is 157 Å². The number of hydrogen-bond acceptors (Lipinski definition) is 6. The van der Waals surface area contributed by atoms with Crippen molar-refractivity contribution in [2.45, 2.75) is 46.8 Å². The van der Waals surface area contributed by atoms with Crippen LogP contribution in [0.25, 0.3) is 0 Å². The Morgan fingerprint density at radius 2 is 1.88 bits per heavy atom. The van der Waals surface area contributed by atoms with Gasteiger partial charge in [0.05, 0.1) is 17.0 Å². The number of ether oxygens (including phenoxy) is 2. The maximum absolute atomic E-state index is 12.5. The molecule has 144 valence electrons. The van der Waals surface area contributed by atoms with Crippen molar-refractivity contribution in [1.82, 2.24) is 0 Å². The summed E-state index contributed by atoms with van der Waals surface area (Å²) in [5.41, 5.74) is 0.825. The number of hydrogen-bond donors (Lipinski definition) is 2. The van der Waals surface area contributed by atoms with Gasteiger partial charge in [0.25, 0.3) is 5.91 Å². The van der Waals surface area contributed by atoms with Crippen molar-refractivity contribution < 1.29 is 28.8 Å². The van der Waals surface area contributed by atoms with Gasteiger partial charge in [-0.2, -0.15) is 0 Å². The van der Waals surface area contributed by atoms with E-state index < -0.39 is 5.97 Å². The number of rotatable bonds is 6. The standard InChI is InChI=1S/C18H26N2O5S/c1-6-24-18(23)15-12(4)16(13(5)21)26-17(15)19-14(22)9-20-7-10(2)25-11(3)8-20/h10-11H,6-9H2,1-5H3,(H,19,22)/p+1/t10-,11+. The fourth-order valence-electron chi connectivity index (χ4n) is 3.32. The summed E-state index contributed by atoms with van der Waals surface area (Å²) < 4.78 is 10.8. The molecule has 2 N–H and O–H groups in total. The van der Waals surface area contributed by atoms with Crippen LogP contribution >= 0.6 is 11.3 Å². The Morgan fingerprint density at radius 3 is 2.42 bits per heavy atom. The molecule has 1 aliphatic heterocycles. The van der Waals surface area contributed by atoms with E-state index in [4.69, 9.17) is 9.47 Å². The maximum atomic E-state index is 12.5. The fraction of sp³-hybridized carbons (Fsp3) is 0.611. The molecular formula is C18H27N2O5S+. The highest BCUT2D eigenvalue weighted by atomic mass is 32.1. The maximum Gasteiger partial charge on any atom is 0.341 e. The fourth-order valence-corrected chi connectivity index (χ4v) is 4.42. The summed E-state index contributed by atoms with van der Waals surface area (Å²) in [5.74, 6) is -0.854. The Morgan fingerprint density at radius 1 is 1.27 bits per heavy atom. The Balaban J connectivity index is 2.16. The number of carbonyl (C=O) groups is 3. The van der Waals surface area contributed by atoms with Crippen molar-refractivity contribution in [1.29, 1.82) is 0 Å². The zero-order valence-electron chi connectivity index (χ0n) is 15.9. The number of Topliss-reactive ketones (excluding diaryl/α,β-unsaturated/α-hetero) is 1. The van der Waals surface area contributed by atoms with Crippen LogP contribution in [0.15, 0.2) is 0 Å². The molecule has 26 heavy (non-hydrogen) atoms. The smallest absolute Gasteiger partial charge is 0.341 e. The van der Waals surface area contributed by atoms with Crippen LogP contribution in [0.2, 0.25) is 0 Å². The van der Waals surface area contributed by atoms with Crippen molar-refractivity contribution in [3.8, 4) is 0 Å². The number of morpholine rings is 1. The number of esters is 1. The SMILES string of the molecule is CCOC(=O)c1c(NC(=O)C[NH+]2C[C@@H](C)O[C@@H](C)C2)sc(C(C)=O)c1C. The molecule has 1 saturated heterocycles. The minimum Gasteiger partial charge on any atom is -0.462 e. The van der Waals surface area contributed by atoms with Crippen molar-refractivity contribution >= 4 is 34.0 Å². The molecule has 1 unspecified atom stereocenters. The lowest BCUT2D eigenvalue weighted by Crippen LogP contribution is -3.16. The van der Waals surface area contributed by atoms with E-state index in [1.54, 1.807) is 13.8 Å². The minimum absolute atomic E-state index is 0.102. The Bertz CT molecular complexity index is 690. The molecule has 1 aromatic rings. The van der Waals surface area contributed by atoms with Gasteiger partial charge in [-0.25, -0.2) is 4.79 Å². The van der Waals surface area contributed by atoms with Gasteiger partial charge in [0.2, 0.25) is 0 Å². The first-order valence-corrected chi connectivity index (χ1v) is 9.64. The summed E-state index contributed by atoms with van der Waals surface area (Å²) in [6, 6.07) is 0. The average Bonchev–Trinajstić information content (AvgIpc) is 2.82. The van der Waals surface area contributed by atoms with Crippen LogP contribution in [0.3, 0.4) is 0 Å². The Kier molecular flexibility index (Phi) is 6.91. The largest absolute Gasteiger partial charge is 0.462 e. The third kappa shape index (κ3) is 4.90. The first-order valence-electron chi connectivity index (χ1n) is 8.83. The minimum atomic E-state index is -0.523. The highest BCUT2D eigenvalue weighted by Gasteiger charge is 2.29. The number of thiophene rings is 1. The highest BCUT2D eigenvalue weighted by Crippen LogP contribution is 2.34. The normalized spacial score (nSPS) is 22.7. The van der Waals surface area contributed by atoms with E-state index in [0.29, 0.717) is 15.4 Å². The number of amides is 1. The summed E-state index contributed by atoms with van der Waals surface area (Å²) in [5, 5.41) is 3.19. The average molecular weight is 383 g/mol. The number of anilines is 1. The topological polar surface area (TPSA) is 86.1 Å². The van der Waals surface area contributed by atoms with Gasteiger partial charge in [-0.15, -0.1) is 11.3 Å². The number of quaternary nitrogens is 1. The molecule has 2 heterocycles. The van der Waals surface area contributed by atoms with E-state index in [2.05, 4.69) is 5.32 Å². The van der Waals surface area contributed by atoms with Crippen LogP contribution in [-0.4, -0.2) is 56.1 Å². The summed E-state index contributed by atoms with van der Waals surface area (Å²) in [6.07, 6.45) is 0.204. The zero-order chi connectivity index (χ0) is 19.4. The molecule has 0 saturated carbocycles. The van der Waals surface area contributed by atoms with Crippen molar-refractivity contribution in [3.05, 3.63) is 16.0 Å². The van der Waals surface area contributed by atoms with Gasteiger partial charge in [0.15, 0.2) is 12.3 Å². The van der Waals surface area contributed by atoms with Crippen LogP contribution in [0.5, 0.6) is 0 Å². The summed E-state index contributed by atoms with van der Waals surface area (Å²) in [4.78, 5) is 38.2. The highest BCUT2D eigenvalue weighted by molar-refractivity contribution is 7.18. The lowest BCUT2D eigenvalue weighted by atomic mass is 10.1. The zero-order valence-corrected chi connectivity index (χ0v) is 16.7. The van der Waals surface area contributed by atoms with E-state index in [-0.39, 0.29) is 42.6 Å². The second-order valence-corrected chi connectivity index (χ2v) is 7.70. The molecule has 7 nitrogen and oxygen atoms in total. The molecule has 3 atom stereocenters. The summed E-state index contributed by atoms with van der Waals surface area (Å²) in [7, 11) is 0. The van der Waals surface area contributed by atoms with Gasteiger partial charge >= 0.3 is 5.97 Å². The molecule has 0 spiro atoms. The lowest BCUT2D eigenvalue weighted by molar-refractivity contribution is -0.907. The Hall–Kier alpha value is -1.77. The molecule has 0 bridgehead atoms. The molecule has 1 amide bonds. The van der Waals surface area contributed by atoms with Crippen LogP contribution in [0.1, 0.15) is 53.3 Å². The van der Waals surface area contributed by atoms with Gasteiger partial charge in [-0.1, -0.05) is 0 Å². The second-order valence-electron chi connectivity index (χ2n) is 6.68. The molecule has 0 aliphatic carbocycles. The molecule has 2 rings (SSSR count). The first-order chi connectivity index (χ1) is 12.2. The first kappa shape index (κ1) is 20.5. The quantitative estimate of drug-likeness (QED) is 0.567. The van der Waals surface area contributed by atoms with Gasteiger partial charge in [0.1, 0.15) is 30.3 Å². The second kappa shape index (κ2) is 8.75. The molecule has 0 radical (unpaired) electrons. The number of ketones is 1. The van der Waals surface area contributed by atoms with E-state index in [9.17, 15) is 14.4 Å². The van der Waals surface area contributed by atoms with Crippen molar-refractivity contribution in [3.63, 3.8) is 0 Å². The van der Waals surface area contributed by atoms with Crippen LogP contribution in [-0.2, 0) is 14.3 Å². The number of nitrogens with one attached hydrogen (secondary N) is 2. The van der Waals surface area contributed by atoms with Gasteiger partial charge in [-0.05, 0) is 40.2 Å². The van der Waals surface area contributed by atoms with Gasteiger partial charge < -0.3 is 19.7 Å². The van der Waals surface area contributed by atoms with Crippen LogP contribution in [0.4, 0.5) is 5.00 Å². The van der Waals surface area contributed by atoms with Gasteiger partial charge in [0, 0.05) is 0 Å². The molecule has 0 aromatic carbocycles. The molecule has 1 aliphatic rings. The molecule has 8 heteroatoms. The predicted molar refractivity (Wildman–Crippen MR) is 99.2 cm³/mol. The molecule has 1 fully saturated rings. The van der Waals surface area contributed by atoms with E-state index in [1.807, 2.05) is 13.8 Å². The van der Waals surface area contributed by atoms with Crippen LogP contribution < -0.4 is 10.2 Å². The summed E-state index contributed by atoms with van der Waals surface area (Å²) >= 11 is 1.12. The number of carbonyl (C=O) groups excluding carboxylic acids is 3. The van der Waals surface area contributed by atoms with Crippen molar-refractivity contribution in [2.75, 3.05) is 31.6 Å². The summed E-state index contributed by atoms with van der Waals surface area (Å²) in [6.45, 7) is 10.9. The monoisotopic (exact) mass is 383 g/mol. The molecule has 1 aromatic heterocycles. The lowest BCUT2D eigenvalue weighted by Gasteiger charge is -2.31. The van der Waals surface area contributed by atoms with Crippen LogP contribution in [0, 0.1) is 6.92 Å². The van der Waals surface area contributed by atoms with E-state index in [0.717, 1.165) is 29.3 Å². The third-order valence-electron chi connectivity index (χ3n) is 4.23.